The predicted octanol–water partition coefficient (Wildman–Crippen LogP) is 2.83. The van der Waals surface area contributed by atoms with Crippen LogP contribution in [0.2, 0.25) is 0 Å². The van der Waals surface area contributed by atoms with Crippen molar-refractivity contribution in [2.75, 3.05) is 33.0 Å². The topological polar surface area (TPSA) is 87.8 Å². The first-order valence-electron chi connectivity index (χ1n) is 10.9. The third-order valence-corrected chi connectivity index (χ3v) is 5.99. The van der Waals surface area contributed by atoms with Gasteiger partial charge in [0.1, 0.15) is 24.0 Å². The number of furan rings is 1. The molecular weight excluding hydrogens is 469 g/mol. The molecule has 2 saturated heterocycles. The quantitative estimate of drug-likeness (QED) is 0.648. The second-order valence-electron chi connectivity index (χ2n) is 8.60. The highest BCUT2D eigenvalue weighted by molar-refractivity contribution is 5.96. The van der Waals surface area contributed by atoms with E-state index in [4.69, 9.17) is 18.6 Å². The largest absolute Gasteiger partial charge is 0.455 e. The number of ether oxygens (including phenoxy) is 3. The molecule has 0 saturated carbocycles. The van der Waals surface area contributed by atoms with Gasteiger partial charge in [-0.2, -0.15) is 18.3 Å². The number of fused-ring (bicyclic) bond motifs is 3. The number of aryl methyl sites for hydroxylation is 2. The van der Waals surface area contributed by atoms with E-state index in [9.17, 15) is 26.7 Å². The van der Waals surface area contributed by atoms with E-state index in [1.807, 2.05) is 0 Å². The van der Waals surface area contributed by atoms with Crippen molar-refractivity contribution in [3.05, 3.63) is 28.8 Å². The second kappa shape index (κ2) is 8.61. The molecular formula is C21H22F5N3O5. The highest BCUT2D eigenvalue weighted by Gasteiger charge is 2.46. The van der Waals surface area contributed by atoms with Gasteiger partial charge in [-0.3, -0.25) is 9.48 Å². The van der Waals surface area contributed by atoms with Crippen LogP contribution in [0.3, 0.4) is 0 Å². The molecule has 0 spiro atoms. The summed E-state index contributed by atoms with van der Waals surface area (Å²) in [5.74, 6) is -5.07. The predicted molar refractivity (Wildman–Crippen MR) is 105 cm³/mol. The van der Waals surface area contributed by atoms with E-state index in [0.29, 0.717) is 38.3 Å². The van der Waals surface area contributed by atoms with Crippen LogP contribution in [0.4, 0.5) is 22.0 Å². The zero-order chi connectivity index (χ0) is 24.1. The Bertz CT molecular complexity index is 1070. The van der Waals surface area contributed by atoms with Crippen molar-refractivity contribution >= 4 is 5.91 Å². The van der Waals surface area contributed by atoms with Crippen molar-refractivity contribution in [1.82, 2.24) is 15.1 Å². The van der Waals surface area contributed by atoms with E-state index in [0.717, 1.165) is 0 Å². The molecule has 2 aromatic heterocycles. The van der Waals surface area contributed by atoms with Crippen LogP contribution in [0, 0.1) is 0 Å². The molecule has 1 amide bonds. The van der Waals surface area contributed by atoms with Crippen LogP contribution in [-0.2, 0) is 39.8 Å². The zero-order valence-electron chi connectivity index (χ0n) is 17.9. The summed E-state index contributed by atoms with van der Waals surface area (Å²) in [6, 6.07) is 0. The van der Waals surface area contributed by atoms with Gasteiger partial charge < -0.3 is 23.9 Å². The van der Waals surface area contributed by atoms with Crippen molar-refractivity contribution in [3.63, 3.8) is 0 Å². The van der Waals surface area contributed by atoms with Gasteiger partial charge in [0, 0.05) is 25.6 Å². The van der Waals surface area contributed by atoms with Crippen LogP contribution in [0.1, 0.15) is 33.9 Å². The smallest absolute Gasteiger partial charge is 0.420 e. The number of nitrogens with one attached hydrogen (secondary N) is 1. The summed E-state index contributed by atoms with van der Waals surface area (Å²) >= 11 is 0. The number of halogens is 5. The van der Waals surface area contributed by atoms with E-state index in [-0.39, 0.29) is 36.1 Å². The number of carbonyl (C=O) groups excluding carboxylic acids is 1. The molecule has 186 valence electrons. The first kappa shape index (κ1) is 23.2. The summed E-state index contributed by atoms with van der Waals surface area (Å²) in [6.07, 6.45) is -4.57. The maximum absolute atomic E-state index is 14.1. The number of hydrogen-bond donors (Lipinski definition) is 1. The fourth-order valence-electron chi connectivity index (χ4n) is 4.49. The van der Waals surface area contributed by atoms with Gasteiger partial charge >= 0.3 is 6.18 Å². The third-order valence-electron chi connectivity index (χ3n) is 5.99. The van der Waals surface area contributed by atoms with E-state index in [1.54, 1.807) is 6.20 Å². The molecule has 2 aromatic rings. The highest BCUT2D eigenvalue weighted by Crippen LogP contribution is 2.46. The molecule has 1 N–H and O–H groups in total. The van der Waals surface area contributed by atoms with Crippen LogP contribution in [0.5, 0.6) is 0 Å². The van der Waals surface area contributed by atoms with Crippen molar-refractivity contribution in [1.29, 1.82) is 0 Å². The average Bonchev–Trinajstić information content (AvgIpc) is 3.46. The van der Waals surface area contributed by atoms with E-state index >= 15 is 0 Å². The van der Waals surface area contributed by atoms with Crippen LogP contribution in [0.15, 0.2) is 10.6 Å². The van der Waals surface area contributed by atoms with Gasteiger partial charge in [0.15, 0.2) is 0 Å². The number of amides is 1. The molecule has 0 radical (unpaired) electrons. The van der Waals surface area contributed by atoms with Gasteiger partial charge in [-0.25, -0.2) is 8.78 Å². The van der Waals surface area contributed by atoms with Crippen LogP contribution in [-0.4, -0.2) is 66.8 Å². The summed E-state index contributed by atoms with van der Waals surface area (Å²) in [7, 11) is 0. The normalized spacial score (nSPS) is 24.0. The Morgan fingerprint density at radius 2 is 2.03 bits per heavy atom. The molecule has 2 atom stereocenters. The average molecular weight is 491 g/mol. The third kappa shape index (κ3) is 4.56. The number of carbonyl (C=O) groups is 1. The minimum Gasteiger partial charge on any atom is -0.455 e. The summed E-state index contributed by atoms with van der Waals surface area (Å²) in [5.41, 5.74) is -0.779. The van der Waals surface area contributed by atoms with Crippen molar-refractivity contribution in [2.24, 2.45) is 0 Å². The molecule has 0 aromatic carbocycles. The number of alkyl halides is 5. The van der Waals surface area contributed by atoms with Gasteiger partial charge in [0.2, 0.25) is 5.76 Å². The fourth-order valence-corrected chi connectivity index (χ4v) is 4.49. The van der Waals surface area contributed by atoms with Crippen molar-refractivity contribution < 1.29 is 45.4 Å². The van der Waals surface area contributed by atoms with Gasteiger partial charge in [-0.15, -0.1) is 0 Å². The molecule has 34 heavy (non-hydrogen) atoms. The molecule has 5 rings (SSSR count). The lowest BCUT2D eigenvalue weighted by molar-refractivity contribution is -0.137. The first-order chi connectivity index (χ1) is 16.1. The van der Waals surface area contributed by atoms with E-state index < -0.39 is 48.5 Å². The first-order valence-corrected chi connectivity index (χ1v) is 10.9. The number of rotatable bonds is 5. The van der Waals surface area contributed by atoms with Crippen molar-refractivity contribution in [2.45, 2.75) is 50.1 Å². The molecule has 13 heteroatoms. The molecule has 0 bridgehead atoms. The summed E-state index contributed by atoms with van der Waals surface area (Å²) in [5, 5.41) is 6.58. The lowest BCUT2D eigenvalue weighted by Crippen LogP contribution is -2.33. The number of aromatic nitrogens is 2. The highest BCUT2D eigenvalue weighted by atomic mass is 19.4. The lowest BCUT2D eigenvalue weighted by atomic mass is 9.93. The summed E-state index contributed by atoms with van der Waals surface area (Å²) in [4.78, 5) is 12.6. The Morgan fingerprint density at radius 1 is 1.21 bits per heavy atom. The Labute approximate surface area is 190 Å². The molecule has 8 nitrogen and oxygen atoms in total. The number of hydrogen-bond acceptors (Lipinski definition) is 6. The Balaban J connectivity index is 1.41. The van der Waals surface area contributed by atoms with Crippen molar-refractivity contribution in [3.8, 4) is 11.3 Å². The summed E-state index contributed by atoms with van der Waals surface area (Å²) < 4.78 is 91.6. The maximum Gasteiger partial charge on any atom is 0.420 e. The minimum atomic E-state index is -4.90. The second-order valence-corrected chi connectivity index (χ2v) is 8.60. The van der Waals surface area contributed by atoms with Gasteiger partial charge in [-0.1, -0.05) is 0 Å². The molecule has 2 fully saturated rings. The molecule has 0 unspecified atom stereocenters. The standard InChI is InChI=1S/C21H22F5N3O5/c22-20(23)5-12(33-10-20)6-27-19(30)18-16(21(24,25)26)15-14(34-18)2-1-11-7-29(28-17(11)15)8-13-9-31-3-4-32-13/h7,12-13H,1-6,8-10H2,(H,27,30)/t12-,13-/m0/s1. The monoisotopic (exact) mass is 491 g/mol. The molecule has 3 aliphatic rings. The van der Waals surface area contributed by atoms with Crippen LogP contribution >= 0.6 is 0 Å². The summed E-state index contributed by atoms with van der Waals surface area (Å²) in [6.45, 7) is 0.425. The maximum atomic E-state index is 14.1. The van der Waals surface area contributed by atoms with E-state index in [2.05, 4.69) is 10.4 Å². The molecule has 4 heterocycles. The van der Waals surface area contributed by atoms with Gasteiger partial charge in [-0.05, 0) is 12.0 Å². The van der Waals surface area contributed by atoms with Crippen LogP contribution in [0.25, 0.3) is 11.3 Å². The van der Waals surface area contributed by atoms with Crippen LogP contribution < -0.4 is 5.32 Å². The minimum absolute atomic E-state index is 0.0103. The van der Waals surface area contributed by atoms with Gasteiger partial charge in [0.25, 0.3) is 11.8 Å². The SMILES string of the molecule is O=C(NC[C@@H]1CC(F)(F)CO1)c1oc2c(c1C(F)(F)F)-c1nn(C[C@H]3COCCO3)cc1CC2. The van der Waals surface area contributed by atoms with Gasteiger partial charge in [0.05, 0.1) is 43.7 Å². The van der Waals surface area contributed by atoms with E-state index in [1.165, 1.54) is 4.68 Å². The molecule has 2 aliphatic heterocycles. The lowest BCUT2D eigenvalue weighted by Gasteiger charge is -2.22. The Kier molecular flexibility index (Phi) is 5.89. The Hall–Kier alpha value is -2.51. The number of nitrogens with zero attached hydrogens (tertiary/aromatic N) is 2. The Morgan fingerprint density at radius 3 is 2.71 bits per heavy atom. The molecule has 1 aliphatic carbocycles. The zero-order valence-corrected chi connectivity index (χ0v) is 17.9. The fraction of sp³-hybridized carbons (Fsp3) is 0.619.